The number of nitrogens with zero attached hydrogens (tertiary/aromatic N) is 1. The highest BCUT2D eigenvalue weighted by atomic mass is 32.2. The van der Waals surface area contributed by atoms with Crippen LogP contribution in [0.4, 0.5) is 10.1 Å². The normalized spacial score (nSPS) is 16.2. The molecule has 1 aromatic heterocycles. The number of benzene rings is 2. The van der Waals surface area contributed by atoms with Crippen LogP contribution in [0.5, 0.6) is 0 Å². The highest BCUT2D eigenvalue weighted by molar-refractivity contribution is 7.98. The summed E-state index contributed by atoms with van der Waals surface area (Å²) in [5.41, 5.74) is 2.51. The Bertz CT molecular complexity index is 1040. The molecule has 0 spiro atoms. The summed E-state index contributed by atoms with van der Waals surface area (Å²) in [6.07, 6.45) is 1.50. The maximum Gasteiger partial charge on any atom is 0.253 e. The van der Waals surface area contributed by atoms with E-state index in [9.17, 15) is 14.0 Å². The van der Waals surface area contributed by atoms with E-state index in [1.54, 1.807) is 28.0 Å². The predicted molar refractivity (Wildman–Crippen MR) is 124 cm³/mol. The van der Waals surface area contributed by atoms with Gasteiger partial charge in [-0.2, -0.15) is 11.3 Å². The Labute approximate surface area is 189 Å². The van der Waals surface area contributed by atoms with Gasteiger partial charge in [-0.05, 0) is 71.6 Å². The molecule has 1 N–H and O–H groups in total. The SMILES string of the molecule is O=C(Nc1ccccc1SCc1ccsc1)C1CCCN(C(=O)c2ccc(F)cc2)C1. The van der Waals surface area contributed by atoms with E-state index < -0.39 is 0 Å². The number of amides is 2. The number of rotatable bonds is 6. The van der Waals surface area contributed by atoms with Crippen molar-refractivity contribution in [3.05, 3.63) is 82.3 Å². The molecule has 1 atom stereocenters. The summed E-state index contributed by atoms with van der Waals surface area (Å²) in [5, 5.41) is 7.26. The van der Waals surface area contributed by atoms with Gasteiger partial charge in [-0.3, -0.25) is 9.59 Å². The topological polar surface area (TPSA) is 49.4 Å². The summed E-state index contributed by atoms with van der Waals surface area (Å²) >= 11 is 3.37. The molecule has 3 aromatic rings. The Morgan fingerprint density at radius 1 is 1.13 bits per heavy atom. The van der Waals surface area contributed by atoms with Gasteiger partial charge in [0, 0.05) is 29.3 Å². The van der Waals surface area contributed by atoms with Crippen LogP contribution in [0.2, 0.25) is 0 Å². The standard InChI is InChI=1S/C24H23FN2O2S2/c25-20-9-7-18(8-10-20)24(29)27-12-3-4-19(14-27)23(28)26-21-5-1-2-6-22(21)31-16-17-11-13-30-15-17/h1-2,5-11,13,15,19H,3-4,12,14,16H2,(H,26,28). The van der Waals surface area contributed by atoms with Gasteiger partial charge in [0.05, 0.1) is 11.6 Å². The lowest BCUT2D eigenvalue weighted by Gasteiger charge is -2.32. The van der Waals surface area contributed by atoms with E-state index in [0.717, 1.165) is 29.2 Å². The number of thiophene rings is 1. The lowest BCUT2D eigenvalue weighted by molar-refractivity contribution is -0.121. The highest BCUT2D eigenvalue weighted by Crippen LogP contribution is 2.31. The van der Waals surface area contributed by atoms with E-state index >= 15 is 0 Å². The molecule has 1 unspecified atom stereocenters. The van der Waals surface area contributed by atoms with Crippen LogP contribution in [-0.2, 0) is 10.5 Å². The molecule has 0 radical (unpaired) electrons. The first-order valence-corrected chi connectivity index (χ1v) is 12.1. The number of hydrogen-bond donors (Lipinski definition) is 1. The number of carbonyl (C=O) groups is 2. The van der Waals surface area contributed by atoms with Crippen LogP contribution >= 0.6 is 23.1 Å². The van der Waals surface area contributed by atoms with Crippen molar-refractivity contribution in [3.8, 4) is 0 Å². The first kappa shape index (κ1) is 21.6. The van der Waals surface area contributed by atoms with Gasteiger partial charge in [-0.15, -0.1) is 11.8 Å². The third-order valence-electron chi connectivity index (χ3n) is 5.29. The maximum absolute atomic E-state index is 13.2. The third kappa shape index (κ3) is 5.54. The monoisotopic (exact) mass is 454 g/mol. The average Bonchev–Trinajstić information content (AvgIpc) is 3.32. The highest BCUT2D eigenvalue weighted by Gasteiger charge is 2.29. The van der Waals surface area contributed by atoms with Gasteiger partial charge >= 0.3 is 0 Å². The largest absolute Gasteiger partial charge is 0.338 e. The van der Waals surface area contributed by atoms with Crippen LogP contribution in [0.25, 0.3) is 0 Å². The van der Waals surface area contributed by atoms with Crippen molar-refractivity contribution in [2.75, 3.05) is 18.4 Å². The fourth-order valence-electron chi connectivity index (χ4n) is 3.62. The molecule has 4 rings (SSSR count). The second-order valence-corrected chi connectivity index (χ2v) is 9.30. The summed E-state index contributed by atoms with van der Waals surface area (Å²) in [6.45, 7) is 0.972. The number of halogens is 1. The van der Waals surface area contributed by atoms with Gasteiger partial charge < -0.3 is 10.2 Å². The minimum atomic E-state index is -0.372. The zero-order chi connectivity index (χ0) is 21.6. The first-order valence-electron chi connectivity index (χ1n) is 10.2. The zero-order valence-electron chi connectivity index (χ0n) is 16.9. The number of anilines is 1. The number of likely N-dealkylation sites (tertiary alicyclic amines) is 1. The molecule has 1 aliphatic rings. The summed E-state index contributed by atoms with van der Waals surface area (Å²) in [7, 11) is 0. The van der Waals surface area contributed by atoms with Gasteiger partial charge in [0.2, 0.25) is 5.91 Å². The molecule has 31 heavy (non-hydrogen) atoms. The van der Waals surface area contributed by atoms with Crippen LogP contribution in [0.15, 0.2) is 70.3 Å². The second-order valence-electron chi connectivity index (χ2n) is 7.50. The third-order valence-corrected chi connectivity index (χ3v) is 7.17. The summed E-state index contributed by atoms with van der Waals surface area (Å²) in [4.78, 5) is 28.5. The lowest BCUT2D eigenvalue weighted by atomic mass is 9.96. The summed E-state index contributed by atoms with van der Waals surface area (Å²) in [5.74, 6) is -0.0276. The van der Waals surface area contributed by atoms with E-state index in [-0.39, 0.29) is 23.5 Å². The Kier molecular flexibility index (Phi) is 7.04. The number of para-hydroxylation sites is 1. The number of nitrogens with one attached hydrogen (secondary N) is 1. The van der Waals surface area contributed by atoms with Gasteiger partial charge in [0.25, 0.3) is 5.91 Å². The van der Waals surface area contributed by atoms with Crippen LogP contribution in [0.1, 0.15) is 28.8 Å². The minimum Gasteiger partial charge on any atom is -0.338 e. The van der Waals surface area contributed by atoms with Crippen molar-refractivity contribution in [1.82, 2.24) is 4.90 Å². The van der Waals surface area contributed by atoms with Gasteiger partial charge in [-0.25, -0.2) is 4.39 Å². The molecular weight excluding hydrogens is 431 g/mol. The molecule has 4 nitrogen and oxygen atoms in total. The molecule has 1 saturated heterocycles. The summed E-state index contributed by atoms with van der Waals surface area (Å²) in [6, 6.07) is 15.5. The number of thioether (sulfide) groups is 1. The van der Waals surface area contributed by atoms with Crippen LogP contribution in [-0.4, -0.2) is 29.8 Å². The minimum absolute atomic E-state index is 0.0693. The molecule has 7 heteroatoms. The molecule has 1 fully saturated rings. The molecule has 0 aliphatic carbocycles. The summed E-state index contributed by atoms with van der Waals surface area (Å²) < 4.78 is 13.2. The fraction of sp³-hybridized carbons (Fsp3) is 0.250. The molecule has 160 valence electrons. The lowest BCUT2D eigenvalue weighted by Crippen LogP contribution is -2.43. The predicted octanol–water partition coefficient (Wildman–Crippen LogP) is 5.67. The van der Waals surface area contributed by atoms with E-state index in [0.29, 0.717) is 18.7 Å². The molecule has 1 aliphatic heterocycles. The zero-order valence-corrected chi connectivity index (χ0v) is 18.6. The molecule has 0 bridgehead atoms. The van der Waals surface area contributed by atoms with Crippen LogP contribution in [0.3, 0.4) is 0 Å². The van der Waals surface area contributed by atoms with Crippen molar-refractivity contribution in [3.63, 3.8) is 0 Å². The Hall–Kier alpha value is -2.64. The molecule has 0 saturated carbocycles. The fourth-order valence-corrected chi connectivity index (χ4v) is 5.34. The van der Waals surface area contributed by atoms with Crippen molar-refractivity contribution in [2.24, 2.45) is 5.92 Å². The van der Waals surface area contributed by atoms with Crippen molar-refractivity contribution < 1.29 is 14.0 Å². The Balaban J connectivity index is 1.39. The average molecular weight is 455 g/mol. The quantitative estimate of drug-likeness (QED) is 0.488. The molecular formula is C24H23FN2O2S2. The smallest absolute Gasteiger partial charge is 0.253 e. The van der Waals surface area contributed by atoms with E-state index in [1.165, 1.54) is 29.8 Å². The van der Waals surface area contributed by atoms with Crippen molar-refractivity contribution in [1.29, 1.82) is 0 Å². The maximum atomic E-state index is 13.2. The van der Waals surface area contributed by atoms with E-state index in [2.05, 4.69) is 22.1 Å². The Morgan fingerprint density at radius 2 is 1.94 bits per heavy atom. The van der Waals surface area contributed by atoms with E-state index in [4.69, 9.17) is 0 Å². The van der Waals surface area contributed by atoms with Crippen molar-refractivity contribution >= 4 is 40.6 Å². The van der Waals surface area contributed by atoms with Crippen LogP contribution < -0.4 is 5.32 Å². The second kappa shape index (κ2) is 10.1. The molecule has 2 heterocycles. The van der Waals surface area contributed by atoms with Crippen molar-refractivity contribution in [2.45, 2.75) is 23.5 Å². The van der Waals surface area contributed by atoms with Gasteiger partial charge in [-0.1, -0.05) is 12.1 Å². The Morgan fingerprint density at radius 3 is 2.71 bits per heavy atom. The van der Waals surface area contributed by atoms with Gasteiger partial charge in [0.1, 0.15) is 5.82 Å². The van der Waals surface area contributed by atoms with E-state index in [1.807, 2.05) is 24.3 Å². The van der Waals surface area contributed by atoms with Gasteiger partial charge in [0.15, 0.2) is 0 Å². The number of carbonyl (C=O) groups excluding carboxylic acids is 2. The number of hydrogen-bond acceptors (Lipinski definition) is 4. The number of piperidine rings is 1. The first-order chi connectivity index (χ1) is 15.1. The molecule has 2 aromatic carbocycles. The molecule has 2 amide bonds. The van der Waals surface area contributed by atoms with Crippen LogP contribution in [0, 0.1) is 11.7 Å².